The SMILES string of the molecule is CC(/N=C(\S)C1CCNCC1)C(C)(N)C=N. The average Bonchev–Trinajstić information content (AvgIpc) is 2.30. The second-order valence-corrected chi connectivity index (χ2v) is 5.16. The predicted octanol–water partition coefficient (Wildman–Crippen LogP) is 1.07. The molecule has 0 spiro atoms. The Bertz CT molecular complexity index is 269. The van der Waals surface area contributed by atoms with Crippen LogP contribution >= 0.6 is 12.6 Å². The first kappa shape index (κ1) is 13.7. The molecule has 0 aromatic rings. The van der Waals surface area contributed by atoms with E-state index >= 15 is 0 Å². The van der Waals surface area contributed by atoms with E-state index in [1.807, 2.05) is 13.8 Å². The van der Waals surface area contributed by atoms with Gasteiger partial charge in [-0.1, -0.05) is 0 Å². The standard InChI is InChI=1S/C11H22N4S/c1-8(11(2,13)7-12)15-10(16)9-3-5-14-6-4-9/h7-9,12,14H,3-6,13H2,1-2H3,(H,15,16). The van der Waals surface area contributed by atoms with Crippen molar-refractivity contribution in [1.82, 2.24) is 5.32 Å². The number of nitrogens with two attached hydrogens (primary N) is 1. The molecule has 0 aliphatic carbocycles. The fourth-order valence-corrected chi connectivity index (χ4v) is 2.08. The number of thiol groups is 1. The van der Waals surface area contributed by atoms with E-state index in [1.54, 1.807) is 0 Å². The van der Waals surface area contributed by atoms with Gasteiger partial charge in [0.15, 0.2) is 0 Å². The van der Waals surface area contributed by atoms with Crippen LogP contribution in [0, 0.1) is 11.3 Å². The topological polar surface area (TPSA) is 74.3 Å². The highest BCUT2D eigenvalue weighted by Gasteiger charge is 2.25. The van der Waals surface area contributed by atoms with E-state index in [4.69, 9.17) is 11.1 Å². The van der Waals surface area contributed by atoms with Gasteiger partial charge >= 0.3 is 0 Å². The molecule has 4 N–H and O–H groups in total. The molecule has 4 nitrogen and oxygen atoms in total. The Kier molecular flexibility index (Phi) is 4.95. The van der Waals surface area contributed by atoms with E-state index in [-0.39, 0.29) is 6.04 Å². The van der Waals surface area contributed by atoms with E-state index in [2.05, 4.69) is 22.9 Å². The maximum Gasteiger partial charge on any atom is 0.0708 e. The van der Waals surface area contributed by atoms with Gasteiger partial charge in [-0.2, -0.15) is 0 Å². The molecule has 2 unspecified atom stereocenters. The number of rotatable bonds is 4. The summed E-state index contributed by atoms with van der Waals surface area (Å²) >= 11 is 4.47. The zero-order valence-electron chi connectivity index (χ0n) is 10.0. The minimum atomic E-state index is -0.680. The fraction of sp³-hybridized carbons (Fsp3) is 0.818. The van der Waals surface area contributed by atoms with Crippen LogP contribution in [0.1, 0.15) is 26.7 Å². The van der Waals surface area contributed by atoms with Crippen LogP contribution in [0.4, 0.5) is 0 Å². The third-order valence-corrected chi connectivity index (χ3v) is 3.72. The first-order valence-corrected chi connectivity index (χ1v) is 6.20. The van der Waals surface area contributed by atoms with E-state index in [9.17, 15) is 0 Å². The summed E-state index contributed by atoms with van der Waals surface area (Å²) in [6.07, 6.45) is 3.42. The Morgan fingerprint density at radius 1 is 1.62 bits per heavy atom. The van der Waals surface area contributed by atoms with Gasteiger partial charge in [0.05, 0.1) is 16.6 Å². The molecule has 1 heterocycles. The van der Waals surface area contributed by atoms with Crippen molar-refractivity contribution < 1.29 is 0 Å². The molecule has 16 heavy (non-hydrogen) atoms. The molecule has 0 amide bonds. The molecule has 5 heteroatoms. The summed E-state index contributed by atoms with van der Waals surface area (Å²) in [6.45, 7) is 5.81. The summed E-state index contributed by atoms with van der Waals surface area (Å²) in [5.41, 5.74) is 5.26. The van der Waals surface area contributed by atoms with Gasteiger partial charge in [-0.05, 0) is 39.8 Å². The lowest BCUT2D eigenvalue weighted by Gasteiger charge is -2.27. The Balaban J connectivity index is 2.64. The molecule has 0 bridgehead atoms. The second-order valence-electron chi connectivity index (χ2n) is 4.70. The summed E-state index contributed by atoms with van der Waals surface area (Å²) in [5, 5.41) is 11.5. The van der Waals surface area contributed by atoms with Crippen molar-refractivity contribution in [3.63, 3.8) is 0 Å². The summed E-state index contributed by atoms with van der Waals surface area (Å²) in [6, 6.07) is -0.104. The Hall–Kier alpha value is -0.390. The second kappa shape index (κ2) is 5.80. The maximum atomic E-state index is 7.27. The minimum Gasteiger partial charge on any atom is -0.319 e. The van der Waals surface area contributed by atoms with Gasteiger partial charge in [-0.3, -0.25) is 4.99 Å². The lowest BCUT2D eigenvalue weighted by atomic mass is 9.95. The third kappa shape index (κ3) is 3.57. The molecule has 0 aromatic heterocycles. The van der Waals surface area contributed by atoms with Crippen LogP contribution < -0.4 is 11.1 Å². The van der Waals surface area contributed by atoms with Crippen molar-refractivity contribution in [2.75, 3.05) is 13.1 Å². The summed E-state index contributed by atoms with van der Waals surface area (Å²) < 4.78 is 0. The molecule has 0 saturated carbocycles. The van der Waals surface area contributed by atoms with Gasteiger partial charge in [0.2, 0.25) is 0 Å². The van der Waals surface area contributed by atoms with Gasteiger partial charge in [0.1, 0.15) is 0 Å². The molecule has 0 aromatic carbocycles. The molecular weight excluding hydrogens is 220 g/mol. The quantitative estimate of drug-likeness (QED) is 0.338. The van der Waals surface area contributed by atoms with Crippen molar-refractivity contribution >= 4 is 23.9 Å². The van der Waals surface area contributed by atoms with Crippen molar-refractivity contribution in [2.24, 2.45) is 16.6 Å². The van der Waals surface area contributed by atoms with E-state index in [0.717, 1.165) is 31.0 Å². The van der Waals surface area contributed by atoms with E-state index in [0.29, 0.717) is 5.92 Å². The minimum absolute atomic E-state index is 0.104. The lowest BCUT2D eigenvalue weighted by Crippen LogP contribution is -2.47. The zero-order chi connectivity index (χ0) is 12.2. The Morgan fingerprint density at radius 2 is 2.19 bits per heavy atom. The first-order valence-electron chi connectivity index (χ1n) is 5.75. The molecule has 0 radical (unpaired) electrons. The maximum absolute atomic E-state index is 7.27. The van der Waals surface area contributed by atoms with Crippen LogP contribution in [0.15, 0.2) is 4.99 Å². The van der Waals surface area contributed by atoms with Crippen molar-refractivity contribution in [1.29, 1.82) is 5.41 Å². The number of nitrogens with one attached hydrogen (secondary N) is 2. The number of hydrogen-bond acceptors (Lipinski definition) is 4. The average molecular weight is 242 g/mol. The van der Waals surface area contributed by atoms with E-state index in [1.165, 1.54) is 6.21 Å². The first-order chi connectivity index (χ1) is 7.47. The number of aliphatic imine (C=N–C) groups is 1. The largest absolute Gasteiger partial charge is 0.319 e. The smallest absolute Gasteiger partial charge is 0.0708 e. The van der Waals surface area contributed by atoms with Crippen LogP contribution in [0.2, 0.25) is 0 Å². The molecule has 1 fully saturated rings. The van der Waals surface area contributed by atoms with Gasteiger partial charge in [-0.15, -0.1) is 12.6 Å². The Morgan fingerprint density at radius 3 is 2.69 bits per heavy atom. The summed E-state index contributed by atoms with van der Waals surface area (Å²) in [5.74, 6) is 0.452. The molecule has 2 atom stereocenters. The lowest BCUT2D eigenvalue weighted by molar-refractivity contribution is 0.454. The number of hydrogen-bond donors (Lipinski definition) is 4. The number of nitrogens with zero attached hydrogens (tertiary/aromatic N) is 1. The number of piperidine rings is 1. The van der Waals surface area contributed by atoms with Gasteiger partial charge in [0.25, 0.3) is 0 Å². The van der Waals surface area contributed by atoms with Crippen LogP contribution in [0.3, 0.4) is 0 Å². The highest BCUT2D eigenvalue weighted by atomic mass is 32.1. The summed E-state index contributed by atoms with van der Waals surface area (Å²) in [7, 11) is 0. The summed E-state index contributed by atoms with van der Waals surface area (Å²) in [4.78, 5) is 4.52. The molecule has 1 aliphatic rings. The van der Waals surface area contributed by atoms with Gasteiger partial charge < -0.3 is 16.5 Å². The van der Waals surface area contributed by atoms with Crippen LogP contribution in [0.25, 0.3) is 0 Å². The van der Waals surface area contributed by atoms with Crippen molar-refractivity contribution in [3.8, 4) is 0 Å². The van der Waals surface area contributed by atoms with Crippen LogP contribution in [-0.2, 0) is 0 Å². The van der Waals surface area contributed by atoms with Crippen molar-refractivity contribution in [3.05, 3.63) is 0 Å². The zero-order valence-corrected chi connectivity index (χ0v) is 10.9. The van der Waals surface area contributed by atoms with Gasteiger partial charge in [0, 0.05) is 12.1 Å². The monoisotopic (exact) mass is 242 g/mol. The normalized spacial score (nSPS) is 24.9. The molecule has 1 rings (SSSR count). The highest BCUT2D eigenvalue weighted by molar-refractivity contribution is 7.97. The fourth-order valence-electron chi connectivity index (χ4n) is 1.64. The molecule has 92 valence electrons. The third-order valence-electron chi connectivity index (χ3n) is 3.24. The molecule has 1 aliphatic heterocycles. The highest BCUT2D eigenvalue weighted by Crippen LogP contribution is 2.18. The predicted molar refractivity (Wildman–Crippen MR) is 72.9 cm³/mol. The van der Waals surface area contributed by atoms with Crippen molar-refractivity contribution in [2.45, 2.75) is 38.3 Å². The molecular formula is C11H22N4S. The molecule has 1 saturated heterocycles. The van der Waals surface area contributed by atoms with Crippen LogP contribution in [-0.4, -0.2) is 35.9 Å². The van der Waals surface area contributed by atoms with Crippen LogP contribution in [0.5, 0.6) is 0 Å². The van der Waals surface area contributed by atoms with Gasteiger partial charge in [-0.25, -0.2) is 0 Å². The Labute approximate surface area is 103 Å². The van der Waals surface area contributed by atoms with E-state index < -0.39 is 5.54 Å².